The summed E-state index contributed by atoms with van der Waals surface area (Å²) in [5.41, 5.74) is 1.22. The molecule has 0 aromatic heterocycles. The number of nitrogens with one attached hydrogen (secondary N) is 2. The molecule has 0 bridgehead atoms. The molecule has 6 heteroatoms. The number of halogens is 2. The van der Waals surface area contributed by atoms with Crippen LogP contribution in [0.5, 0.6) is 0 Å². The summed E-state index contributed by atoms with van der Waals surface area (Å²) in [5.74, 6) is -0.0686. The Morgan fingerprint density at radius 1 is 1.15 bits per heavy atom. The van der Waals surface area contributed by atoms with Crippen LogP contribution >= 0.6 is 0 Å². The highest BCUT2D eigenvalue weighted by Gasteiger charge is 2.45. The van der Waals surface area contributed by atoms with Crippen LogP contribution in [0.1, 0.15) is 36.5 Å². The predicted octanol–water partition coefficient (Wildman–Crippen LogP) is 3.62. The molecule has 0 amide bonds. The molecule has 2 aromatic carbocycles. The van der Waals surface area contributed by atoms with Crippen LogP contribution in [0.2, 0.25) is 0 Å². The Hall–Kier alpha value is -2.94. The van der Waals surface area contributed by atoms with Crippen molar-refractivity contribution in [1.29, 1.82) is 5.26 Å². The molecule has 0 radical (unpaired) electrons. The van der Waals surface area contributed by atoms with Crippen molar-refractivity contribution in [2.75, 3.05) is 13.1 Å². The molecule has 1 aliphatic rings. The van der Waals surface area contributed by atoms with E-state index in [4.69, 9.17) is 5.26 Å². The molecule has 0 unspecified atom stereocenters. The fourth-order valence-electron chi connectivity index (χ4n) is 3.09. The van der Waals surface area contributed by atoms with Crippen molar-refractivity contribution >= 4 is 5.96 Å². The van der Waals surface area contributed by atoms with Crippen molar-refractivity contribution in [1.82, 2.24) is 10.6 Å². The fraction of sp³-hybridized carbons (Fsp3) is 0.333. The van der Waals surface area contributed by atoms with Crippen LogP contribution in [-0.4, -0.2) is 19.0 Å². The minimum Gasteiger partial charge on any atom is -0.357 e. The highest BCUT2D eigenvalue weighted by molar-refractivity contribution is 5.80. The second-order valence-corrected chi connectivity index (χ2v) is 6.73. The van der Waals surface area contributed by atoms with Gasteiger partial charge in [0.2, 0.25) is 0 Å². The van der Waals surface area contributed by atoms with E-state index in [1.807, 2.05) is 25.1 Å². The third kappa shape index (κ3) is 4.43. The molecular weight excluding hydrogens is 346 g/mol. The monoisotopic (exact) mass is 368 g/mol. The van der Waals surface area contributed by atoms with E-state index in [0.717, 1.165) is 18.4 Å². The lowest BCUT2D eigenvalue weighted by molar-refractivity contribution is 0.559. The summed E-state index contributed by atoms with van der Waals surface area (Å²) < 4.78 is 28.2. The van der Waals surface area contributed by atoms with E-state index in [1.54, 1.807) is 18.2 Å². The minimum atomic E-state index is -0.446. The summed E-state index contributed by atoms with van der Waals surface area (Å²) in [7, 11) is 0. The highest BCUT2D eigenvalue weighted by Crippen LogP contribution is 2.48. The van der Waals surface area contributed by atoms with E-state index in [0.29, 0.717) is 24.6 Å². The Bertz CT molecular complexity index is 882. The molecule has 4 nitrogen and oxygen atoms in total. The summed E-state index contributed by atoms with van der Waals surface area (Å²) in [6.45, 7) is 3.33. The summed E-state index contributed by atoms with van der Waals surface area (Å²) in [4.78, 5) is 4.42. The lowest BCUT2D eigenvalue weighted by Crippen LogP contribution is -2.41. The van der Waals surface area contributed by atoms with Gasteiger partial charge in [-0.3, -0.25) is 0 Å². The van der Waals surface area contributed by atoms with Gasteiger partial charge in [0.1, 0.15) is 11.6 Å². The molecule has 1 saturated carbocycles. The van der Waals surface area contributed by atoms with E-state index in [9.17, 15) is 8.78 Å². The van der Waals surface area contributed by atoms with E-state index < -0.39 is 5.82 Å². The first-order chi connectivity index (χ1) is 13.1. The Kier molecular flexibility index (Phi) is 5.70. The second kappa shape index (κ2) is 8.17. The van der Waals surface area contributed by atoms with Gasteiger partial charge in [0.05, 0.1) is 18.2 Å². The van der Waals surface area contributed by atoms with E-state index in [-0.39, 0.29) is 23.3 Å². The standard InChI is InChI=1S/C21H22F2N4/c1-2-25-20(26-13-16-8-7-15(12-24)11-19(16)23)27-14-21(9-10-21)17-5-3-4-6-18(17)22/h3-8,11H,2,9-10,13-14H2,1H3,(H2,25,26,27). The maximum absolute atomic E-state index is 14.1. The van der Waals surface area contributed by atoms with Crippen LogP contribution in [0.15, 0.2) is 47.5 Å². The number of nitriles is 1. The van der Waals surface area contributed by atoms with Gasteiger partial charge in [0.15, 0.2) is 5.96 Å². The van der Waals surface area contributed by atoms with Crippen LogP contribution in [0.4, 0.5) is 8.78 Å². The molecular formula is C21H22F2N4. The molecule has 1 fully saturated rings. The number of rotatable bonds is 6. The van der Waals surface area contributed by atoms with Crippen molar-refractivity contribution in [3.8, 4) is 6.07 Å². The molecule has 0 spiro atoms. The largest absolute Gasteiger partial charge is 0.357 e. The van der Waals surface area contributed by atoms with Gasteiger partial charge >= 0.3 is 0 Å². The normalized spacial score (nSPS) is 15.1. The van der Waals surface area contributed by atoms with Crippen LogP contribution < -0.4 is 10.6 Å². The Morgan fingerprint density at radius 2 is 1.93 bits per heavy atom. The third-order valence-electron chi connectivity index (χ3n) is 4.83. The van der Waals surface area contributed by atoms with Gasteiger partial charge in [-0.1, -0.05) is 24.3 Å². The Morgan fingerprint density at radius 3 is 2.56 bits per heavy atom. The van der Waals surface area contributed by atoms with Gasteiger partial charge in [0, 0.05) is 24.1 Å². The average molecular weight is 368 g/mol. The smallest absolute Gasteiger partial charge is 0.191 e. The van der Waals surface area contributed by atoms with Gasteiger partial charge in [0.25, 0.3) is 0 Å². The molecule has 1 aliphatic carbocycles. The third-order valence-corrected chi connectivity index (χ3v) is 4.83. The van der Waals surface area contributed by atoms with Crippen molar-refractivity contribution in [3.63, 3.8) is 0 Å². The van der Waals surface area contributed by atoms with Crippen molar-refractivity contribution < 1.29 is 8.78 Å². The zero-order valence-electron chi connectivity index (χ0n) is 15.2. The SMILES string of the molecule is CCNC(=NCc1ccc(C#N)cc1F)NCC1(c2ccccc2F)CC1. The van der Waals surface area contributed by atoms with Crippen LogP contribution in [0, 0.1) is 23.0 Å². The first kappa shape index (κ1) is 18.8. The molecule has 0 saturated heterocycles. The van der Waals surface area contributed by atoms with Gasteiger partial charge in [-0.05, 0) is 43.5 Å². The molecule has 0 atom stereocenters. The molecule has 140 valence electrons. The summed E-state index contributed by atoms with van der Waals surface area (Å²) in [5, 5.41) is 15.2. The number of aliphatic imine (C=N–C) groups is 1. The van der Waals surface area contributed by atoms with Gasteiger partial charge in [-0.2, -0.15) is 5.26 Å². The van der Waals surface area contributed by atoms with Crippen LogP contribution in [0.25, 0.3) is 0 Å². The number of benzene rings is 2. The lowest BCUT2D eigenvalue weighted by Gasteiger charge is -2.19. The fourth-order valence-corrected chi connectivity index (χ4v) is 3.09. The number of guanidine groups is 1. The first-order valence-corrected chi connectivity index (χ1v) is 9.04. The predicted molar refractivity (Wildman–Crippen MR) is 101 cm³/mol. The van der Waals surface area contributed by atoms with Crippen LogP contribution in [0.3, 0.4) is 0 Å². The average Bonchev–Trinajstić information content (AvgIpc) is 3.46. The zero-order valence-corrected chi connectivity index (χ0v) is 15.2. The van der Waals surface area contributed by atoms with Gasteiger partial charge in [-0.15, -0.1) is 0 Å². The number of hydrogen-bond donors (Lipinski definition) is 2. The molecule has 3 rings (SSSR count). The van der Waals surface area contributed by atoms with E-state index >= 15 is 0 Å². The second-order valence-electron chi connectivity index (χ2n) is 6.73. The molecule has 0 heterocycles. The van der Waals surface area contributed by atoms with Gasteiger partial charge < -0.3 is 10.6 Å². The van der Waals surface area contributed by atoms with Crippen LogP contribution in [-0.2, 0) is 12.0 Å². The number of nitrogens with zero attached hydrogens (tertiary/aromatic N) is 2. The maximum Gasteiger partial charge on any atom is 0.191 e. The quantitative estimate of drug-likeness (QED) is 0.605. The minimum absolute atomic E-state index is 0.152. The van der Waals surface area contributed by atoms with Crippen molar-refractivity contribution in [3.05, 3.63) is 70.8 Å². The number of hydrogen-bond acceptors (Lipinski definition) is 2. The lowest BCUT2D eigenvalue weighted by atomic mass is 9.95. The Balaban J connectivity index is 1.68. The van der Waals surface area contributed by atoms with Crippen molar-refractivity contribution in [2.24, 2.45) is 4.99 Å². The van der Waals surface area contributed by atoms with Gasteiger partial charge in [-0.25, -0.2) is 13.8 Å². The topological polar surface area (TPSA) is 60.2 Å². The van der Waals surface area contributed by atoms with E-state index in [1.165, 1.54) is 12.1 Å². The summed E-state index contributed by atoms with van der Waals surface area (Å²) in [6.07, 6.45) is 1.84. The zero-order chi connectivity index (χ0) is 19.3. The van der Waals surface area contributed by atoms with Crippen molar-refractivity contribution in [2.45, 2.75) is 31.7 Å². The van der Waals surface area contributed by atoms with E-state index in [2.05, 4.69) is 15.6 Å². The first-order valence-electron chi connectivity index (χ1n) is 9.04. The molecule has 0 aliphatic heterocycles. The molecule has 2 N–H and O–H groups in total. The Labute approximate surface area is 157 Å². The summed E-state index contributed by atoms with van der Waals surface area (Å²) in [6, 6.07) is 13.1. The molecule has 27 heavy (non-hydrogen) atoms. The summed E-state index contributed by atoms with van der Waals surface area (Å²) >= 11 is 0. The highest BCUT2D eigenvalue weighted by atomic mass is 19.1. The maximum atomic E-state index is 14.1. The molecule has 2 aromatic rings.